The molecule has 3 atom stereocenters. The number of terminal acetylenes is 1. The predicted octanol–water partition coefficient (Wildman–Crippen LogP) is 0.292. The van der Waals surface area contributed by atoms with Crippen molar-refractivity contribution in [2.75, 3.05) is 19.8 Å². The van der Waals surface area contributed by atoms with Crippen LogP contribution in [0.3, 0.4) is 0 Å². The zero-order chi connectivity index (χ0) is 20.5. The largest absolute Gasteiger partial charge is 0.445 e. The van der Waals surface area contributed by atoms with Gasteiger partial charge in [-0.05, 0) is 37.1 Å². The Morgan fingerprint density at radius 1 is 1.54 bits per heavy atom. The van der Waals surface area contributed by atoms with Crippen LogP contribution in [0.2, 0.25) is 0 Å². The van der Waals surface area contributed by atoms with Crippen LogP contribution in [0, 0.1) is 19.3 Å². The van der Waals surface area contributed by atoms with E-state index in [4.69, 9.17) is 15.9 Å². The third-order valence-corrected chi connectivity index (χ3v) is 4.53. The van der Waals surface area contributed by atoms with Gasteiger partial charge in [0.05, 0.1) is 18.7 Å². The highest BCUT2D eigenvalue weighted by molar-refractivity contribution is 5.86. The van der Waals surface area contributed by atoms with Crippen molar-refractivity contribution in [3.8, 4) is 12.3 Å². The van der Waals surface area contributed by atoms with Crippen molar-refractivity contribution in [2.24, 2.45) is 0 Å². The molecule has 1 N–H and O–H groups in total. The zero-order valence-electron chi connectivity index (χ0n) is 16.2. The van der Waals surface area contributed by atoms with Gasteiger partial charge in [0, 0.05) is 6.54 Å². The summed E-state index contributed by atoms with van der Waals surface area (Å²) >= 11 is 0. The highest BCUT2D eigenvalue weighted by Gasteiger charge is 2.37. The summed E-state index contributed by atoms with van der Waals surface area (Å²) in [4.78, 5) is 27.0. The van der Waals surface area contributed by atoms with Crippen LogP contribution >= 0.6 is 0 Å². The summed E-state index contributed by atoms with van der Waals surface area (Å²) in [6.45, 7) is 8.11. The first-order valence-corrected chi connectivity index (χ1v) is 9.10. The van der Waals surface area contributed by atoms with Gasteiger partial charge in [0.25, 0.3) is 0 Å². The average Bonchev–Trinajstić information content (AvgIpc) is 3.31. The molecule has 1 aliphatic rings. The molecule has 0 saturated carbocycles. The van der Waals surface area contributed by atoms with E-state index in [1.165, 1.54) is 6.08 Å². The normalized spacial score (nSPS) is 18.2. The highest BCUT2D eigenvalue weighted by atomic mass is 16.5. The van der Waals surface area contributed by atoms with Crippen LogP contribution in [0.15, 0.2) is 12.7 Å². The topological polar surface area (TPSA) is 111 Å². The molecule has 1 unspecified atom stereocenters. The summed E-state index contributed by atoms with van der Waals surface area (Å²) in [6.07, 6.45) is 7.00. The third kappa shape index (κ3) is 5.53. The van der Waals surface area contributed by atoms with E-state index in [1.807, 2.05) is 0 Å². The number of nitrogens with zero attached hydrogens (tertiary/aromatic N) is 5. The Morgan fingerprint density at radius 2 is 2.32 bits per heavy atom. The SMILES string of the molecule is C#CCOC(C)[C@H](NC(=O)OCC=C)C(=O)N1CCC[C@H]1Cn1nnnc1C. The molecule has 10 heteroatoms. The summed E-state index contributed by atoms with van der Waals surface area (Å²) < 4.78 is 12.1. The van der Waals surface area contributed by atoms with Crippen molar-refractivity contribution in [1.29, 1.82) is 0 Å². The molecule has 1 saturated heterocycles. The van der Waals surface area contributed by atoms with Crippen molar-refractivity contribution in [1.82, 2.24) is 30.4 Å². The molecule has 0 spiro atoms. The fourth-order valence-electron chi connectivity index (χ4n) is 3.07. The predicted molar refractivity (Wildman–Crippen MR) is 100 cm³/mol. The van der Waals surface area contributed by atoms with Crippen LogP contribution in [0.5, 0.6) is 0 Å². The Kier molecular flexibility index (Phi) is 7.95. The van der Waals surface area contributed by atoms with Gasteiger partial charge in [0.2, 0.25) is 5.91 Å². The van der Waals surface area contributed by atoms with Crippen LogP contribution in [0.4, 0.5) is 4.79 Å². The molecule has 10 nitrogen and oxygen atoms in total. The molecular formula is C18H26N6O4. The van der Waals surface area contributed by atoms with Gasteiger partial charge in [-0.1, -0.05) is 18.6 Å². The fraction of sp³-hybridized carbons (Fsp3) is 0.611. The van der Waals surface area contributed by atoms with Crippen LogP contribution < -0.4 is 5.32 Å². The van der Waals surface area contributed by atoms with Crippen LogP contribution in [0.25, 0.3) is 0 Å². The molecule has 2 amide bonds. The van der Waals surface area contributed by atoms with Gasteiger partial charge in [0.15, 0.2) is 0 Å². The van der Waals surface area contributed by atoms with E-state index < -0.39 is 18.2 Å². The first-order valence-electron chi connectivity index (χ1n) is 9.10. The minimum Gasteiger partial charge on any atom is -0.445 e. The smallest absolute Gasteiger partial charge is 0.408 e. The highest BCUT2D eigenvalue weighted by Crippen LogP contribution is 2.21. The van der Waals surface area contributed by atoms with Crippen molar-refractivity contribution < 1.29 is 19.1 Å². The van der Waals surface area contributed by atoms with Gasteiger partial charge in [-0.25, -0.2) is 9.48 Å². The van der Waals surface area contributed by atoms with E-state index in [2.05, 4.69) is 33.3 Å². The molecule has 0 bridgehead atoms. The van der Waals surface area contributed by atoms with E-state index in [0.717, 1.165) is 12.8 Å². The number of rotatable bonds is 9. The number of aromatic nitrogens is 4. The van der Waals surface area contributed by atoms with Gasteiger partial charge in [0.1, 0.15) is 25.1 Å². The minimum atomic E-state index is -0.929. The molecule has 0 aromatic carbocycles. The van der Waals surface area contributed by atoms with Crippen molar-refractivity contribution in [3.05, 3.63) is 18.5 Å². The number of likely N-dealkylation sites (tertiary alicyclic amines) is 1. The van der Waals surface area contributed by atoms with E-state index in [-0.39, 0.29) is 25.2 Å². The molecule has 1 aromatic heterocycles. The Morgan fingerprint density at radius 3 is 2.96 bits per heavy atom. The number of alkyl carbamates (subject to hydrolysis) is 1. The number of nitrogens with one attached hydrogen (secondary N) is 1. The lowest BCUT2D eigenvalue weighted by atomic mass is 10.1. The quantitative estimate of drug-likeness (QED) is 0.476. The van der Waals surface area contributed by atoms with E-state index >= 15 is 0 Å². The minimum absolute atomic E-state index is 0.0293. The fourth-order valence-corrected chi connectivity index (χ4v) is 3.07. The lowest BCUT2D eigenvalue weighted by molar-refractivity contribution is -0.138. The third-order valence-electron chi connectivity index (χ3n) is 4.53. The lowest BCUT2D eigenvalue weighted by Crippen LogP contribution is -2.56. The van der Waals surface area contributed by atoms with E-state index in [1.54, 1.807) is 23.4 Å². The van der Waals surface area contributed by atoms with Crippen molar-refractivity contribution >= 4 is 12.0 Å². The average molecular weight is 390 g/mol. The number of aryl methyl sites for hydroxylation is 1. The first kappa shape index (κ1) is 21.4. The van der Waals surface area contributed by atoms with Gasteiger partial charge in [-0.15, -0.1) is 11.5 Å². The molecular weight excluding hydrogens is 364 g/mol. The van der Waals surface area contributed by atoms with Gasteiger partial charge in [-0.2, -0.15) is 0 Å². The Labute approximate surface area is 164 Å². The van der Waals surface area contributed by atoms with Crippen LogP contribution in [0.1, 0.15) is 25.6 Å². The molecule has 0 aliphatic carbocycles. The van der Waals surface area contributed by atoms with Crippen molar-refractivity contribution in [2.45, 2.75) is 51.4 Å². The molecule has 2 heterocycles. The Bertz CT molecular complexity index is 728. The van der Waals surface area contributed by atoms with Gasteiger partial charge in [-0.3, -0.25) is 4.79 Å². The molecule has 2 rings (SSSR count). The second-order valence-corrected chi connectivity index (χ2v) is 6.47. The van der Waals surface area contributed by atoms with E-state index in [0.29, 0.717) is 18.9 Å². The standard InChI is InChI=1S/C18H26N6O4/c1-5-10-27-13(3)16(19-18(26)28-11-6-2)17(25)23-9-7-8-15(23)12-24-14(4)20-21-22-24/h1,6,13,15-16H,2,7-12H2,3-4H3,(H,19,26)/t13?,15-,16-/m0/s1. The molecule has 1 fully saturated rings. The van der Waals surface area contributed by atoms with Gasteiger partial charge < -0.3 is 19.7 Å². The summed E-state index contributed by atoms with van der Waals surface area (Å²) in [7, 11) is 0. The van der Waals surface area contributed by atoms with Crippen LogP contribution in [-0.4, -0.2) is 75.1 Å². The Hall–Kier alpha value is -2.93. The zero-order valence-corrected chi connectivity index (χ0v) is 16.2. The van der Waals surface area contributed by atoms with Crippen LogP contribution in [-0.2, 0) is 20.8 Å². The molecule has 152 valence electrons. The number of tetrazole rings is 1. The van der Waals surface area contributed by atoms with Crippen molar-refractivity contribution in [3.63, 3.8) is 0 Å². The maximum atomic E-state index is 13.2. The maximum Gasteiger partial charge on any atom is 0.408 e. The number of carbonyl (C=O) groups excluding carboxylic acids is 2. The van der Waals surface area contributed by atoms with Gasteiger partial charge >= 0.3 is 6.09 Å². The molecule has 1 aliphatic heterocycles. The summed E-state index contributed by atoms with van der Waals surface area (Å²) in [5, 5.41) is 14.0. The molecule has 1 aromatic rings. The maximum absolute atomic E-state index is 13.2. The molecule has 28 heavy (non-hydrogen) atoms. The first-order chi connectivity index (χ1) is 13.5. The monoisotopic (exact) mass is 390 g/mol. The summed E-state index contributed by atoms with van der Waals surface area (Å²) in [5.41, 5.74) is 0. The summed E-state index contributed by atoms with van der Waals surface area (Å²) in [6, 6.07) is -1.01. The number of hydrogen-bond acceptors (Lipinski definition) is 7. The number of ether oxygens (including phenoxy) is 2. The number of hydrogen-bond donors (Lipinski definition) is 1. The number of carbonyl (C=O) groups is 2. The lowest BCUT2D eigenvalue weighted by Gasteiger charge is -2.31. The number of amides is 2. The summed E-state index contributed by atoms with van der Waals surface area (Å²) in [5.74, 6) is 2.78. The second-order valence-electron chi connectivity index (χ2n) is 6.47. The second kappa shape index (κ2) is 10.4. The van der Waals surface area contributed by atoms with E-state index in [9.17, 15) is 9.59 Å². The Balaban J connectivity index is 2.11. The molecule has 0 radical (unpaired) electrons.